The van der Waals surface area contributed by atoms with Crippen molar-refractivity contribution in [3.8, 4) is 0 Å². The van der Waals surface area contributed by atoms with Crippen LogP contribution in [0.2, 0.25) is 0 Å². The number of carbonyl (C=O) groups excluding carboxylic acids is 1. The van der Waals surface area contributed by atoms with E-state index in [9.17, 15) is 4.79 Å². The Morgan fingerprint density at radius 1 is 1.21 bits per heavy atom. The van der Waals surface area contributed by atoms with E-state index in [-0.39, 0.29) is 23.0 Å². The second-order valence-electron chi connectivity index (χ2n) is 6.94. The SMILES string of the molecule is CC1(C)CC(NC(=O)c2ccncc2)CC(C)(C)[NH2+]1. The van der Waals surface area contributed by atoms with Crippen LogP contribution in [0.25, 0.3) is 0 Å². The first-order chi connectivity index (χ1) is 8.77. The molecule has 1 amide bonds. The Morgan fingerprint density at radius 2 is 1.74 bits per heavy atom. The molecule has 1 saturated heterocycles. The molecule has 0 bridgehead atoms. The Labute approximate surface area is 115 Å². The van der Waals surface area contributed by atoms with Crippen molar-refractivity contribution in [1.29, 1.82) is 0 Å². The van der Waals surface area contributed by atoms with Gasteiger partial charge in [0.25, 0.3) is 5.91 Å². The van der Waals surface area contributed by atoms with Crippen molar-refractivity contribution in [3.05, 3.63) is 30.1 Å². The van der Waals surface area contributed by atoms with Crippen LogP contribution in [0.4, 0.5) is 0 Å². The molecular formula is C15H24N3O+. The largest absolute Gasteiger partial charge is 0.349 e. The summed E-state index contributed by atoms with van der Waals surface area (Å²) in [5.41, 5.74) is 1.01. The third-order valence-corrected chi connectivity index (χ3v) is 3.60. The number of nitrogens with zero attached hydrogens (tertiary/aromatic N) is 1. The summed E-state index contributed by atoms with van der Waals surface area (Å²) in [5.74, 6) is 0.000833. The van der Waals surface area contributed by atoms with Crippen LogP contribution in [0.1, 0.15) is 50.9 Å². The molecule has 0 aliphatic carbocycles. The molecule has 1 aliphatic rings. The highest BCUT2D eigenvalue weighted by atomic mass is 16.1. The van der Waals surface area contributed by atoms with Crippen molar-refractivity contribution in [3.63, 3.8) is 0 Å². The molecule has 0 radical (unpaired) electrons. The molecule has 3 N–H and O–H groups in total. The van der Waals surface area contributed by atoms with Gasteiger partial charge in [-0.2, -0.15) is 0 Å². The number of piperidine rings is 1. The van der Waals surface area contributed by atoms with Crippen LogP contribution in [0.3, 0.4) is 0 Å². The highest BCUT2D eigenvalue weighted by Gasteiger charge is 2.42. The van der Waals surface area contributed by atoms with Crippen molar-refractivity contribution < 1.29 is 10.1 Å². The quantitative estimate of drug-likeness (QED) is 0.838. The molecule has 4 nitrogen and oxygen atoms in total. The smallest absolute Gasteiger partial charge is 0.251 e. The topological polar surface area (TPSA) is 58.6 Å². The van der Waals surface area contributed by atoms with Gasteiger partial charge in [0.1, 0.15) is 0 Å². The number of quaternary nitrogens is 1. The molecule has 0 unspecified atom stereocenters. The van der Waals surface area contributed by atoms with E-state index < -0.39 is 0 Å². The highest BCUT2D eigenvalue weighted by molar-refractivity contribution is 5.94. The number of pyridine rings is 1. The molecule has 19 heavy (non-hydrogen) atoms. The summed E-state index contributed by atoms with van der Waals surface area (Å²) in [7, 11) is 0. The monoisotopic (exact) mass is 262 g/mol. The molecule has 1 aromatic rings. The van der Waals surface area contributed by atoms with Crippen molar-refractivity contribution in [2.45, 2.75) is 57.7 Å². The lowest BCUT2D eigenvalue weighted by atomic mass is 9.79. The maximum atomic E-state index is 12.2. The molecule has 2 heterocycles. The summed E-state index contributed by atoms with van der Waals surface area (Å²) in [6.45, 7) is 8.94. The standard InChI is InChI=1S/C15H23N3O/c1-14(2)9-12(10-15(3,4)18-14)17-13(19)11-5-7-16-8-6-11/h5-8,12,18H,9-10H2,1-4H3,(H,17,19)/p+1. The molecule has 1 aliphatic heterocycles. The van der Waals surface area contributed by atoms with Gasteiger partial charge in [0, 0.05) is 36.8 Å². The number of carbonyl (C=O) groups is 1. The first-order valence-electron chi connectivity index (χ1n) is 6.85. The van der Waals surface area contributed by atoms with Crippen LogP contribution >= 0.6 is 0 Å². The second-order valence-corrected chi connectivity index (χ2v) is 6.94. The minimum absolute atomic E-state index is 0.000833. The van der Waals surface area contributed by atoms with Gasteiger partial charge < -0.3 is 10.6 Å². The van der Waals surface area contributed by atoms with Gasteiger partial charge in [-0.05, 0) is 39.8 Å². The van der Waals surface area contributed by atoms with Gasteiger partial charge in [0.15, 0.2) is 0 Å². The molecule has 1 fully saturated rings. The third kappa shape index (κ3) is 3.77. The summed E-state index contributed by atoms with van der Waals surface area (Å²) in [5, 5.41) is 5.57. The maximum Gasteiger partial charge on any atom is 0.251 e. The Morgan fingerprint density at radius 3 is 2.26 bits per heavy atom. The van der Waals surface area contributed by atoms with E-state index in [0.717, 1.165) is 12.8 Å². The van der Waals surface area contributed by atoms with Gasteiger partial charge in [0.05, 0.1) is 11.1 Å². The normalized spacial score (nSPS) is 21.9. The molecule has 0 saturated carbocycles. The summed E-state index contributed by atoms with van der Waals surface area (Å²) < 4.78 is 0. The lowest BCUT2D eigenvalue weighted by molar-refractivity contribution is -0.787. The molecule has 1 aromatic heterocycles. The fourth-order valence-corrected chi connectivity index (χ4v) is 3.39. The van der Waals surface area contributed by atoms with E-state index in [1.165, 1.54) is 0 Å². The number of hydrogen-bond acceptors (Lipinski definition) is 2. The lowest BCUT2D eigenvalue weighted by Crippen LogP contribution is -3.06. The number of aromatic nitrogens is 1. The zero-order valence-corrected chi connectivity index (χ0v) is 12.2. The number of amides is 1. The highest BCUT2D eigenvalue weighted by Crippen LogP contribution is 2.22. The zero-order chi connectivity index (χ0) is 14.1. The van der Waals surface area contributed by atoms with Gasteiger partial charge in [-0.3, -0.25) is 9.78 Å². The Hall–Kier alpha value is -1.42. The van der Waals surface area contributed by atoms with Crippen LogP contribution in [-0.4, -0.2) is 28.0 Å². The maximum absolute atomic E-state index is 12.2. The third-order valence-electron chi connectivity index (χ3n) is 3.60. The molecule has 2 rings (SSSR count). The minimum Gasteiger partial charge on any atom is -0.349 e. The van der Waals surface area contributed by atoms with Crippen molar-refractivity contribution >= 4 is 5.91 Å². The summed E-state index contributed by atoms with van der Waals surface area (Å²) in [4.78, 5) is 16.1. The van der Waals surface area contributed by atoms with Crippen LogP contribution < -0.4 is 10.6 Å². The molecule has 0 spiro atoms. The molecule has 0 aromatic carbocycles. The van der Waals surface area contributed by atoms with Crippen LogP contribution in [-0.2, 0) is 0 Å². The molecule has 4 heteroatoms. The fourth-order valence-electron chi connectivity index (χ4n) is 3.39. The Balaban J connectivity index is 2.05. The predicted octanol–water partition coefficient (Wildman–Crippen LogP) is 1.09. The van der Waals surface area contributed by atoms with Gasteiger partial charge in [0.2, 0.25) is 0 Å². The van der Waals surface area contributed by atoms with E-state index >= 15 is 0 Å². The van der Waals surface area contributed by atoms with E-state index in [2.05, 4.69) is 43.3 Å². The van der Waals surface area contributed by atoms with E-state index in [0.29, 0.717) is 5.56 Å². The fraction of sp³-hybridized carbons (Fsp3) is 0.600. The van der Waals surface area contributed by atoms with E-state index in [1.807, 2.05) is 0 Å². The summed E-state index contributed by atoms with van der Waals surface area (Å²) >= 11 is 0. The van der Waals surface area contributed by atoms with Crippen LogP contribution in [0.5, 0.6) is 0 Å². The number of rotatable bonds is 2. The molecular weight excluding hydrogens is 238 g/mol. The van der Waals surface area contributed by atoms with E-state index in [4.69, 9.17) is 0 Å². The first-order valence-corrected chi connectivity index (χ1v) is 6.85. The first kappa shape index (κ1) is 14.0. The van der Waals surface area contributed by atoms with Gasteiger partial charge in [-0.1, -0.05) is 0 Å². The average molecular weight is 262 g/mol. The van der Waals surface area contributed by atoms with Gasteiger partial charge >= 0.3 is 0 Å². The van der Waals surface area contributed by atoms with E-state index in [1.54, 1.807) is 24.5 Å². The second kappa shape index (κ2) is 4.93. The van der Waals surface area contributed by atoms with Gasteiger partial charge in [-0.15, -0.1) is 0 Å². The Kier molecular flexibility index (Phi) is 3.63. The number of nitrogens with one attached hydrogen (secondary N) is 1. The van der Waals surface area contributed by atoms with Crippen molar-refractivity contribution in [2.75, 3.05) is 0 Å². The predicted molar refractivity (Wildman–Crippen MR) is 74.8 cm³/mol. The van der Waals surface area contributed by atoms with Gasteiger partial charge in [-0.25, -0.2) is 0 Å². The molecule has 104 valence electrons. The lowest BCUT2D eigenvalue weighted by Gasteiger charge is -2.43. The minimum atomic E-state index is 0.000833. The zero-order valence-electron chi connectivity index (χ0n) is 12.2. The average Bonchev–Trinajstić information content (AvgIpc) is 2.25. The van der Waals surface area contributed by atoms with Crippen molar-refractivity contribution in [1.82, 2.24) is 10.3 Å². The van der Waals surface area contributed by atoms with Crippen LogP contribution in [0.15, 0.2) is 24.5 Å². The van der Waals surface area contributed by atoms with Crippen molar-refractivity contribution in [2.24, 2.45) is 0 Å². The molecule has 0 atom stereocenters. The Bertz CT molecular complexity index is 438. The summed E-state index contributed by atoms with van der Waals surface area (Å²) in [6.07, 6.45) is 5.29. The van der Waals surface area contributed by atoms with Crippen LogP contribution in [0, 0.1) is 0 Å². The summed E-state index contributed by atoms with van der Waals surface area (Å²) in [6, 6.07) is 3.73. The number of nitrogens with two attached hydrogens (primary N) is 1. The number of hydrogen-bond donors (Lipinski definition) is 2.